The molecule has 0 aliphatic rings. The van der Waals surface area contributed by atoms with E-state index in [1.165, 1.54) is 0 Å². The van der Waals surface area contributed by atoms with Gasteiger partial charge in [-0.25, -0.2) is 0 Å². The molecular weight excluding hydrogens is 392 g/mol. The van der Waals surface area contributed by atoms with E-state index < -0.39 is 6.10 Å². The van der Waals surface area contributed by atoms with Crippen LogP contribution in [-0.2, 0) is 11.2 Å². The van der Waals surface area contributed by atoms with Crippen LogP contribution >= 0.6 is 28.3 Å². The highest BCUT2D eigenvalue weighted by atomic mass is 79.9. The molecule has 2 aromatic carbocycles. The molecule has 0 saturated heterocycles. The van der Waals surface area contributed by atoms with E-state index in [-0.39, 0.29) is 18.3 Å². The fourth-order valence-electron chi connectivity index (χ4n) is 2.10. The first-order chi connectivity index (χ1) is 11.0. The maximum Gasteiger partial charge on any atom is 0.260 e. The van der Waals surface area contributed by atoms with Crippen LogP contribution in [0.15, 0.2) is 46.9 Å². The third-order valence-electron chi connectivity index (χ3n) is 3.45. The Morgan fingerprint density at radius 1 is 1.25 bits per heavy atom. The van der Waals surface area contributed by atoms with Gasteiger partial charge >= 0.3 is 0 Å². The summed E-state index contributed by atoms with van der Waals surface area (Å²) >= 11 is 3.45. The van der Waals surface area contributed by atoms with Gasteiger partial charge in [0, 0.05) is 12.2 Å². The van der Waals surface area contributed by atoms with Gasteiger partial charge in [-0.1, -0.05) is 18.2 Å². The largest absolute Gasteiger partial charge is 0.480 e. The average molecular weight is 414 g/mol. The monoisotopic (exact) mass is 412 g/mol. The summed E-state index contributed by atoms with van der Waals surface area (Å²) in [5.74, 6) is 0.532. The zero-order valence-electron chi connectivity index (χ0n) is 13.7. The summed E-state index contributed by atoms with van der Waals surface area (Å²) in [4.78, 5) is 12.1. The SMILES string of the molecule is Cc1ccc(OC(C)C(=O)NCCc2ccc(N)cc2)c(Br)c1.Cl. The van der Waals surface area contributed by atoms with Crippen molar-refractivity contribution in [3.63, 3.8) is 0 Å². The summed E-state index contributed by atoms with van der Waals surface area (Å²) in [5, 5.41) is 2.89. The molecular formula is C18H22BrClN2O2. The number of nitrogens with two attached hydrogens (primary N) is 1. The number of nitrogen functional groups attached to an aromatic ring is 1. The van der Waals surface area contributed by atoms with Gasteiger partial charge in [0.25, 0.3) is 5.91 Å². The van der Waals surface area contributed by atoms with E-state index >= 15 is 0 Å². The molecule has 0 spiro atoms. The second-order valence-electron chi connectivity index (χ2n) is 5.48. The number of hydrogen-bond acceptors (Lipinski definition) is 3. The summed E-state index contributed by atoms with van der Waals surface area (Å²) in [7, 11) is 0. The summed E-state index contributed by atoms with van der Waals surface area (Å²) in [6.07, 6.45) is 0.202. The fraction of sp³-hybridized carbons (Fsp3) is 0.278. The van der Waals surface area contributed by atoms with Gasteiger partial charge < -0.3 is 15.8 Å². The van der Waals surface area contributed by atoms with E-state index in [4.69, 9.17) is 10.5 Å². The molecule has 1 unspecified atom stereocenters. The third kappa shape index (κ3) is 6.06. The highest BCUT2D eigenvalue weighted by Gasteiger charge is 2.15. The number of rotatable bonds is 6. The lowest BCUT2D eigenvalue weighted by molar-refractivity contribution is -0.127. The van der Waals surface area contributed by atoms with Crippen LogP contribution in [0.1, 0.15) is 18.1 Å². The molecule has 0 saturated carbocycles. The molecule has 2 aromatic rings. The molecule has 24 heavy (non-hydrogen) atoms. The molecule has 1 atom stereocenters. The average Bonchev–Trinajstić information content (AvgIpc) is 2.51. The molecule has 4 nitrogen and oxygen atoms in total. The Hall–Kier alpha value is -1.72. The van der Waals surface area contributed by atoms with Crippen LogP contribution in [0, 0.1) is 6.92 Å². The Bertz CT molecular complexity index is 677. The molecule has 3 N–H and O–H groups in total. The number of carbonyl (C=O) groups excluding carboxylic acids is 1. The van der Waals surface area contributed by atoms with Crippen molar-refractivity contribution in [2.24, 2.45) is 0 Å². The number of carbonyl (C=O) groups is 1. The van der Waals surface area contributed by atoms with Crippen molar-refractivity contribution in [2.75, 3.05) is 12.3 Å². The van der Waals surface area contributed by atoms with E-state index in [1.54, 1.807) is 6.92 Å². The minimum atomic E-state index is -0.555. The van der Waals surface area contributed by atoms with E-state index in [1.807, 2.05) is 49.4 Å². The molecule has 130 valence electrons. The fourth-order valence-corrected chi connectivity index (χ4v) is 2.69. The minimum Gasteiger partial charge on any atom is -0.480 e. The molecule has 0 fully saturated rings. The number of ether oxygens (including phenoxy) is 1. The van der Waals surface area contributed by atoms with E-state index in [9.17, 15) is 4.79 Å². The van der Waals surface area contributed by atoms with Gasteiger partial charge in [-0.15, -0.1) is 12.4 Å². The highest BCUT2D eigenvalue weighted by molar-refractivity contribution is 9.10. The zero-order valence-corrected chi connectivity index (χ0v) is 16.1. The predicted octanol–water partition coefficient (Wildman–Crippen LogP) is 3.89. The molecule has 2 rings (SSSR count). The predicted molar refractivity (Wildman–Crippen MR) is 104 cm³/mol. The third-order valence-corrected chi connectivity index (χ3v) is 4.07. The van der Waals surface area contributed by atoms with Crippen molar-refractivity contribution >= 4 is 39.9 Å². The van der Waals surface area contributed by atoms with Crippen molar-refractivity contribution in [1.82, 2.24) is 5.32 Å². The van der Waals surface area contributed by atoms with Crippen LogP contribution in [0.3, 0.4) is 0 Å². The number of aryl methyl sites for hydroxylation is 1. The summed E-state index contributed by atoms with van der Waals surface area (Å²) in [6, 6.07) is 13.4. The Kier molecular flexibility index (Phi) is 8.08. The lowest BCUT2D eigenvalue weighted by Gasteiger charge is -2.16. The number of hydrogen-bond donors (Lipinski definition) is 2. The zero-order chi connectivity index (χ0) is 16.8. The molecule has 0 bridgehead atoms. The Morgan fingerprint density at radius 2 is 1.92 bits per heavy atom. The van der Waals surface area contributed by atoms with Gasteiger partial charge in [-0.2, -0.15) is 0 Å². The van der Waals surface area contributed by atoms with Crippen LogP contribution in [0.2, 0.25) is 0 Å². The van der Waals surface area contributed by atoms with E-state index in [0.717, 1.165) is 27.7 Å². The maximum atomic E-state index is 12.1. The summed E-state index contributed by atoms with van der Waals surface area (Å²) in [6.45, 7) is 4.30. The first-order valence-corrected chi connectivity index (χ1v) is 8.30. The van der Waals surface area contributed by atoms with Gasteiger partial charge in [-0.05, 0) is 71.6 Å². The Labute approximate surface area is 157 Å². The van der Waals surface area contributed by atoms with Gasteiger partial charge in [0.05, 0.1) is 4.47 Å². The normalized spacial score (nSPS) is 11.3. The smallest absolute Gasteiger partial charge is 0.260 e. The van der Waals surface area contributed by atoms with Crippen molar-refractivity contribution in [2.45, 2.75) is 26.4 Å². The Morgan fingerprint density at radius 3 is 2.54 bits per heavy atom. The lowest BCUT2D eigenvalue weighted by atomic mass is 10.1. The maximum absolute atomic E-state index is 12.1. The van der Waals surface area contributed by atoms with Crippen molar-refractivity contribution in [3.8, 4) is 5.75 Å². The second-order valence-corrected chi connectivity index (χ2v) is 6.33. The second kappa shape index (κ2) is 9.55. The number of nitrogens with one attached hydrogen (secondary N) is 1. The molecule has 0 aromatic heterocycles. The number of amides is 1. The van der Waals surface area contributed by atoms with E-state index in [2.05, 4.69) is 21.2 Å². The van der Waals surface area contributed by atoms with Gasteiger partial charge in [0.15, 0.2) is 6.10 Å². The number of benzene rings is 2. The van der Waals surface area contributed by atoms with Gasteiger partial charge in [0.2, 0.25) is 0 Å². The highest BCUT2D eigenvalue weighted by Crippen LogP contribution is 2.26. The molecule has 0 radical (unpaired) electrons. The summed E-state index contributed by atoms with van der Waals surface area (Å²) < 4.78 is 6.55. The first-order valence-electron chi connectivity index (χ1n) is 7.50. The first kappa shape index (κ1) is 20.3. The molecule has 0 aliphatic carbocycles. The Balaban J connectivity index is 0.00000288. The van der Waals surface area contributed by atoms with E-state index in [0.29, 0.717) is 12.3 Å². The van der Waals surface area contributed by atoms with Crippen LogP contribution in [0.25, 0.3) is 0 Å². The van der Waals surface area contributed by atoms with Crippen LogP contribution < -0.4 is 15.8 Å². The topological polar surface area (TPSA) is 64.3 Å². The van der Waals surface area contributed by atoms with Crippen LogP contribution in [-0.4, -0.2) is 18.6 Å². The summed E-state index contributed by atoms with van der Waals surface area (Å²) in [5.41, 5.74) is 8.65. The van der Waals surface area contributed by atoms with Gasteiger partial charge in [-0.3, -0.25) is 4.79 Å². The molecule has 0 aliphatic heterocycles. The van der Waals surface area contributed by atoms with Crippen molar-refractivity contribution in [3.05, 3.63) is 58.1 Å². The quantitative estimate of drug-likeness (QED) is 0.706. The van der Waals surface area contributed by atoms with Crippen LogP contribution in [0.5, 0.6) is 5.75 Å². The van der Waals surface area contributed by atoms with Crippen LogP contribution in [0.4, 0.5) is 5.69 Å². The minimum absolute atomic E-state index is 0. The molecule has 1 amide bonds. The number of halogens is 2. The van der Waals surface area contributed by atoms with Gasteiger partial charge in [0.1, 0.15) is 5.75 Å². The van der Waals surface area contributed by atoms with Crippen molar-refractivity contribution in [1.29, 1.82) is 0 Å². The number of anilines is 1. The lowest BCUT2D eigenvalue weighted by Crippen LogP contribution is -2.37. The molecule has 6 heteroatoms. The standard InChI is InChI=1S/C18H21BrN2O2.ClH/c1-12-3-8-17(16(19)11-12)23-13(2)18(22)21-10-9-14-4-6-15(20)7-5-14;/h3-8,11,13H,9-10,20H2,1-2H3,(H,21,22);1H. The molecule has 0 heterocycles. The van der Waals surface area contributed by atoms with Crippen molar-refractivity contribution < 1.29 is 9.53 Å².